The number of oxazole rings is 1. The maximum absolute atomic E-state index is 13.8. The average molecular weight is 746 g/mol. The fourth-order valence-electron chi connectivity index (χ4n) is 6.17. The number of aromatic nitrogens is 3. The van der Waals surface area contributed by atoms with E-state index < -0.39 is 29.9 Å². The number of nitrogens with zero attached hydrogens (tertiary/aromatic N) is 3. The second-order valence-electron chi connectivity index (χ2n) is 14.8. The van der Waals surface area contributed by atoms with E-state index in [0.29, 0.717) is 18.0 Å². The zero-order valence-electron chi connectivity index (χ0n) is 32.5. The van der Waals surface area contributed by atoms with Gasteiger partial charge in [0.1, 0.15) is 23.2 Å². The third-order valence-corrected chi connectivity index (χ3v) is 9.39. The third-order valence-electron chi connectivity index (χ3n) is 9.39. The van der Waals surface area contributed by atoms with Gasteiger partial charge in [0.15, 0.2) is 17.8 Å². The zero-order valence-corrected chi connectivity index (χ0v) is 32.5. The SMILES string of the molecule is CCCCCCCOc1ccc(-c2cnc(-c3ccc(C[C@H](NC(=O)c4ccc(C(C)(C)C)cc4)C(=O)NC(C(=O)O)c4nc(C)oc4C)cc3)nc2)cc1. The number of aryl methyl sites for hydroxylation is 2. The van der Waals surface area contributed by atoms with Gasteiger partial charge < -0.3 is 24.9 Å². The summed E-state index contributed by atoms with van der Waals surface area (Å²) in [5.74, 6) is -0.532. The summed E-state index contributed by atoms with van der Waals surface area (Å²) < 4.78 is 11.3. The number of nitrogens with one attached hydrogen (secondary N) is 2. The maximum Gasteiger partial charge on any atom is 0.332 e. The molecule has 3 aromatic carbocycles. The Morgan fingerprint density at radius 2 is 1.44 bits per heavy atom. The number of carbonyl (C=O) groups is 3. The van der Waals surface area contributed by atoms with Crippen molar-refractivity contribution in [3.05, 3.63) is 119 Å². The first kappa shape index (κ1) is 40.3. The molecule has 3 N–H and O–H groups in total. The molecule has 288 valence electrons. The van der Waals surface area contributed by atoms with E-state index in [0.717, 1.165) is 40.0 Å². The number of aliphatic carboxylic acids is 1. The number of unbranched alkanes of at least 4 members (excludes halogenated alkanes) is 4. The maximum atomic E-state index is 13.8. The Hall–Kier alpha value is -5.84. The number of hydrogen-bond acceptors (Lipinski definition) is 8. The largest absolute Gasteiger partial charge is 0.494 e. The first-order valence-corrected chi connectivity index (χ1v) is 18.9. The molecule has 55 heavy (non-hydrogen) atoms. The smallest absolute Gasteiger partial charge is 0.332 e. The van der Waals surface area contributed by atoms with E-state index in [1.165, 1.54) is 25.7 Å². The van der Waals surface area contributed by atoms with Crippen LogP contribution in [0, 0.1) is 13.8 Å². The van der Waals surface area contributed by atoms with Gasteiger partial charge in [-0.2, -0.15) is 0 Å². The van der Waals surface area contributed by atoms with Crippen molar-refractivity contribution in [3.8, 4) is 28.3 Å². The topological polar surface area (TPSA) is 157 Å². The van der Waals surface area contributed by atoms with Gasteiger partial charge >= 0.3 is 5.97 Å². The highest BCUT2D eigenvalue weighted by Gasteiger charge is 2.31. The van der Waals surface area contributed by atoms with Crippen LogP contribution in [0.4, 0.5) is 0 Å². The van der Waals surface area contributed by atoms with Crippen LogP contribution in [0.15, 0.2) is 89.6 Å². The molecule has 1 unspecified atom stereocenters. The quantitative estimate of drug-likeness (QED) is 0.0796. The number of hydrogen-bond donors (Lipinski definition) is 3. The highest BCUT2D eigenvalue weighted by Crippen LogP contribution is 2.25. The molecule has 0 aliphatic rings. The Balaban J connectivity index is 1.28. The van der Waals surface area contributed by atoms with Gasteiger partial charge in [-0.3, -0.25) is 9.59 Å². The molecule has 5 aromatic rings. The molecule has 2 amide bonds. The van der Waals surface area contributed by atoms with Crippen molar-refractivity contribution >= 4 is 17.8 Å². The fraction of sp³-hybridized carbons (Fsp3) is 0.364. The van der Waals surface area contributed by atoms with Gasteiger partial charge in [0.05, 0.1) is 6.61 Å². The fourth-order valence-corrected chi connectivity index (χ4v) is 6.17. The first-order valence-electron chi connectivity index (χ1n) is 18.9. The van der Waals surface area contributed by atoms with E-state index >= 15 is 0 Å². The molecule has 0 bridgehead atoms. The lowest BCUT2D eigenvalue weighted by molar-refractivity contribution is -0.142. The molecular formula is C44H51N5O6. The van der Waals surface area contributed by atoms with Crippen LogP contribution in [0.25, 0.3) is 22.5 Å². The third kappa shape index (κ3) is 11.1. The number of ether oxygens (including phenoxy) is 1. The number of rotatable bonds is 17. The second kappa shape index (κ2) is 18.5. The van der Waals surface area contributed by atoms with E-state index in [4.69, 9.17) is 9.15 Å². The highest BCUT2D eigenvalue weighted by atomic mass is 16.5. The van der Waals surface area contributed by atoms with Gasteiger partial charge in [0, 0.05) is 42.4 Å². The second-order valence-corrected chi connectivity index (χ2v) is 14.8. The predicted molar refractivity (Wildman–Crippen MR) is 212 cm³/mol. The number of carboxylic acids is 1. The van der Waals surface area contributed by atoms with Gasteiger partial charge in [-0.15, -0.1) is 0 Å². The summed E-state index contributed by atoms with van der Waals surface area (Å²) in [6, 6.07) is 19.9. The van der Waals surface area contributed by atoms with Gasteiger partial charge in [-0.1, -0.05) is 102 Å². The Morgan fingerprint density at radius 1 is 0.800 bits per heavy atom. The molecule has 0 saturated carbocycles. The minimum Gasteiger partial charge on any atom is -0.494 e. The van der Waals surface area contributed by atoms with Gasteiger partial charge in [-0.05, 0) is 59.7 Å². The average Bonchev–Trinajstić information content (AvgIpc) is 3.51. The van der Waals surface area contributed by atoms with E-state index in [-0.39, 0.29) is 29.2 Å². The molecule has 0 fully saturated rings. The van der Waals surface area contributed by atoms with E-state index in [9.17, 15) is 19.5 Å². The number of amides is 2. The van der Waals surface area contributed by atoms with Crippen LogP contribution in [0.1, 0.15) is 105 Å². The zero-order chi connectivity index (χ0) is 39.5. The summed E-state index contributed by atoms with van der Waals surface area (Å²) in [5.41, 5.74) is 4.77. The van der Waals surface area contributed by atoms with Crippen molar-refractivity contribution in [2.45, 2.75) is 97.6 Å². The molecule has 2 heterocycles. The summed E-state index contributed by atoms with van der Waals surface area (Å²) >= 11 is 0. The summed E-state index contributed by atoms with van der Waals surface area (Å²) in [4.78, 5) is 52.9. The summed E-state index contributed by atoms with van der Waals surface area (Å²) in [5, 5.41) is 15.4. The molecule has 0 saturated heterocycles. The molecule has 0 aliphatic heterocycles. The van der Waals surface area contributed by atoms with Crippen molar-refractivity contribution < 1.29 is 28.6 Å². The summed E-state index contributed by atoms with van der Waals surface area (Å²) in [7, 11) is 0. The molecule has 0 aliphatic carbocycles. The van der Waals surface area contributed by atoms with Crippen LogP contribution in [0.2, 0.25) is 0 Å². The normalized spacial score (nSPS) is 12.5. The molecular weight excluding hydrogens is 695 g/mol. The van der Waals surface area contributed by atoms with Gasteiger partial charge in [-0.25, -0.2) is 19.7 Å². The standard InChI is InChI=1S/C44H51N5O6/c1-7-8-9-10-11-24-54-36-22-18-31(19-23-36)34-26-45-40(46-27-34)32-14-12-30(13-15-32)25-37(48-41(50)33-16-20-35(21-17-33)44(4,5)6)42(51)49-39(43(52)53)38-28(2)55-29(3)47-38/h12-23,26-27,37,39H,7-11,24-25H2,1-6H3,(H,48,50)(H,49,51)(H,52,53)/t37-,39?/m0/s1. The number of carbonyl (C=O) groups excluding carboxylic acids is 2. The molecule has 0 spiro atoms. The Bertz CT molecular complexity index is 2030. The first-order chi connectivity index (χ1) is 26.3. The highest BCUT2D eigenvalue weighted by molar-refractivity contribution is 5.98. The van der Waals surface area contributed by atoms with Gasteiger partial charge in [0.25, 0.3) is 5.91 Å². The minimum atomic E-state index is -1.48. The van der Waals surface area contributed by atoms with Gasteiger partial charge in [0.2, 0.25) is 5.91 Å². The Labute approximate surface area is 323 Å². The van der Waals surface area contributed by atoms with Crippen LogP contribution in [-0.4, -0.2) is 50.5 Å². The number of carboxylic acid groups (broad SMARTS) is 1. The van der Waals surface area contributed by atoms with Crippen molar-refractivity contribution in [1.29, 1.82) is 0 Å². The van der Waals surface area contributed by atoms with Crippen LogP contribution in [0.5, 0.6) is 5.75 Å². The predicted octanol–water partition coefficient (Wildman–Crippen LogP) is 8.35. The molecule has 5 rings (SSSR count). The van der Waals surface area contributed by atoms with E-state index in [1.807, 2.05) is 60.7 Å². The van der Waals surface area contributed by atoms with E-state index in [1.54, 1.807) is 38.4 Å². The van der Waals surface area contributed by atoms with Crippen molar-refractivity contribution in [2.24, 2.45) is 0 Å². The monoisotopic (exact) mass is 745 g/mol. The lowest BCUT2D eigenvalue weighted by Gasteiger charge is -2.22. The lowest BCUT2D eigenvalue weighted by Crippen LogP contribution is -2.50. The van der Waals surface area contributed by atoms with Crippen LogP contribution in [0.3, 0.4) is 0 Å². The summed E-state index contributed by atoms with van der Waals surface area (Å²) in [6.45, 7) is 12.3. The molecule has 0 radical (unpaired) electrons. The molecule has 11 nitrogen and oxygen atoms in total. The summed E-state index contributed by atoms with van der Waals surface area (Å²) in [6.07, 6.45) is 9.61. The number of benzene rings is 3. The molecule has 2 aromatic heterocycles. The Kier molecular flexibility index (Phi) is 13.5. The van der Waals surface area contributed by atoms with Crippen LogP contribution < -0.4 is 15.4 Å². The van der Waals surface area contributed by atoms with E-state index in [2.05, 4.69) is 53.3 Å². The Morgan fingerprint density at radius 3 is 2.02 bits per heavy atom. The lowest BCUT2D eigenvalue weighted by atomic mass is 9.86. The van der Waals surface area contributed by atoms with Crippen LogP contribution >= 0.6 is 0 Å². The molecule has 2 atom stereocenters. The van der Waals surface area contributed by atoms with Crippen LogP contribution in [-0.2, 0) is 21.4 Å². The van der Waals surface area contributed by atoms with Crippen molar-refractivity contribution in [2.75, 3.05) is 6.61 Å². The van der Waals surface area contributed by atoms with Crippen molar-refractivity contribution in [3.63, 3.8) is 0 Å². The minimum absolute atomic E-state index is 0.0828. The molecule has 11 heteroatoms. The van der Waals surface area contributed by atoms with Crippen molar-refractivity contribution in [1.82, 2.24) is 25.6 Å².